The van der Waals surface area contributed by atoms with Gasteiger partial charge in [-0.15, -0.1) is 0 Å². The fraction of sp³-hybridized carbons (Fsp3) is 0.538. The molecule has 0 radical (unpaired) electrons. The molecule has 0 N–H and O–H groups in total. The van der Waals surface area contributed by atoms with Gasteiger partial charge in [-0.3, -0.25) is 0 Å². The van der Waals surface area contributed by atoms with E-state index in [4.69, 9.17) is 9.72 Å². The van der Waals surface area contributed by atoms with E-state index in [2.05, 4.69) is 39.0 Å². The number of aryl methyl sites for hydroxylation is 1. The summed E-state index contributed by atoms with van der Waals surface area (Å²) in [5.74, 6) is 2.07. The first-order valence-electron chi connectivity index (χ1n) is 12.4. The number of hydrogen-bond donors (Lipinski definition) is 0. The minimum Gasteiger partial charge on any atom is -0.444 e. The number of fused-ring (bicyclic) bond motifs is 1. The van der Waals surface area contributed by atoms with Gasteiger partial charge in [-0.05, 0) is 65.0 Å². The van der Waals surface area contributed by atoms with Crippen LogP contribution >= 0.6 is 0 Å². The molecule has 2 aromatic heterocycles. The number of carbonyl (C=O) groups excluding carboxylic acids is 1. The van der Waals surface area contributed by atoms with Crippen molar-refractivity contribution in [2.45, 2.75) is 71.1 Å². The lowest BCUT2D eigenvalue weighted by atomic mass is 9.99. The maximum Gasteiger partial charge on any atom is 0.410 e. The van der Waals surface area contributed by atoms with Gasteiger partial charge >= 0.3 is 6.09 Å². The molecule has 1 aromatic carbocycles. The van der Waals surface area contributed by atoms with Crippen LogP contribution in [0.25, 0.3) is 22.3 Å². The Kier molecular flexibility index (Phi) is 5.81. The molecule has 1 saturated heterocycles. The van der Waals surface area contributed by atoms with Crippen LogP contribution in [0.15, 0.2) is 18.5 Å². The Balaban J connectivity index is 1.57. The van der Waals surface area contributed by atoms with Crippen LogP contribution < -0.4 is 4.90 Å². The number of piperazine rings is 1. The molecule has 2 aliphatic rings. The lowest BCUT2D eigenvalue weighted by Crippen LogP contribution is -2.59. The molecule has 2 fully saturated rings. The maximum absolute atomic E-state index is 12.9. The molecule has 188 valence electrons. The highest BCUT2D eigenvalue weighted by atomic mass is 16.6. The molecule has 1 aliphatic carbocycles. The number of nitrogens with zero attached hydrogens (tertiary/aromatic N) is 8. The predicted molar refractivity (Wildman–Crippen MR) is 135 cm³/mol. The van der Waals surface area contributed by atoms with E-state index in [1.165, 1.54) is 10.2 Å². The number of carbonyl (C=O) groups is 1. The lowest BCUT2D eigenvalue weighted by Gasteiger charge is -2.45. The van der Waals surface area contributed by atoms with Gasteiger partial charge in [0.2, 0.25) is 5.82 Å². The smallest absolute Gasteiger partial charge is 0.410 e. The zero-order chi connectivity index (χ0) is 25.8. The van der Waals surface area contributed by atoms with Crippen molar-refractivity contribution in [2.24, 2.45) is 7.05 Å². The van der Waals surface area contributed by atoms with Crippen LogP contribution in [0.2, 0.25) is 0 Å². The minimum absolute atomic E-state index is 0.0284. The molecule has 2 atom stereocenters. The molecule has 0 spiro atoms. The number of hydrogen-bond acceptors (Lipinski definition) is 8. The van der Waals surface area contributed by atoms with Crippen molar-refractivity contribution in [3.63, 3.8) is 0 Å². The van der Waals surface area contributed by atoms with E-state index in [9.17, 15) is 10.1 Å². The Morgan fingerprint density at radius 3 is 2.53 bits per heavy atom. The zero-order valence-electron chi connectivity index (χ0n) is 21.7. The van der Waals surface area contributed by atoms with Gasteiger partial charge in [0.1, 0.15) is 23.8 Å². The Morgan fingerprint density at radius 2 is 1.89 bits per heavy atom. The standard InChI is InChI=1S/C26H32N8O2/c1-15-13-34(25(35)36-26(3,4)5)16(2)12-33(15)24-21-18(17-7-8-17)9-10-19(22(21)28-14-29-24)23-30-20(11-27)32(6)31-23/h9-10,14-17H,7-8,12-13H2,1-6H3/t15-,16+/m0/s1. The molecule has 1 aliphatic heterocycles. The van der Waals surface area contributed by atoms with Crippen LogP contribution in [0.5, 0.6) is 0 Å². The fourth-order valence-electron chi connectivity index (χ4n) is 4.91. The van der Waals surface area contributed by atoms with E-state index in [1.54, 1.807) is 13.4 Å². The summed E-state index contributed by atoms with van der Waals surface area (Å²) in [7, 11) is 1.71. The number of amides is 1. The quantitative estimate of drug-likeness (QED) is 0.543. The van der Waals surface area contributed by atoms with Crippen molar-refractivity contribution in [1.29, 1.82) is 5.26 Å². The SMILES string of the molecule is C[C@@H]1CN(c2ncnc3c(-c4nc(C#N)n(C)n4)ccc(C4CC4)c23)[C@@H](C)CN1C(=O)OC(C)(C)C. The van der Waals surface area contributed by atoms with E-state index in [1.807, 2.05) is 38.7 Å². The van der Waals surface area contributed by atoms with Crippen LogP contribution in [0.4, 0.5) is 10.6 Å². The van der Waals surface area contributed by atoms with Gasteiger partial charge in [-0.25, -0.2) is 19.4 Å². The lowest BCUT2D eigenvalue weighted by molar-refractivity contribution is 0.0130. The van der Waals surface area contributed by atoms with Crippen LogP contribution in [-0.4, -0.2) is 66.5 Å². The predicted octanol–water partition coefficient (Wildman–Crippen LogP) is 4.01. The summed E-state index contributed by atoms with van der Waals surface area (Å²) in [6.07, 6.45) is 3.58. The van der Waals surface area contributed by atoms with Gasteiger partial charge in [0.25, 0.3) is 0 Å². The van der Waals surface area contributed by atoms with Crippen LogP contribution in [0.1, 0.15) is 64.8 Å². The van der Waals surface area contributed by atoms with Crippen LogP contribution in [0.3, 0.4) is 0 Å². The summed E-state index contributed by atoms with van der Waals surface area (Å²) in [5.41, 5.74) is 2.26. The summed E-state index contributed by atoms with van der Waals surface area (Å²) in [6.45, 7) is 11.0. The van der Waals surface area contributed by atoms with Gasteiger partial charge in [-0.1, -0.05) is 6.07 Å². The largest absolute Gasteiger partial charge is 0.444 e. The highest BCUT2D eigenvalue weighted by molar-refractivity contribution is 6.01. The molecular weight excluding hydrogens is 456 g/mol. The first-order chi connectivity index (χ1) is 17.1. The maximum atomic E-state index is 12.9. The second-order valence-electron chi connectivity index (χ2n) is 10.9. The normalized spacial score (nSPS) is 20.5. The second-order valence-corrected chi connectivity index (χ2v) is 10.9. The summed E-state index contributed by atoms with van der Waals surface area (Å²) in [6, 6.07) is 6.20. The topological polar surface area (TPSA) is 113 Å². The first-order valence-corrected chi connectivity index (χ1v) is 12.4. The highest BCUT2D eigenvalue weighted by Gasteiger charge is 2.37. The van der Waals surface area contributed by atoms with Crippen molar-refractivity contribution >= 4 is 22.8 Å². The van der Waals surface area contributed by atoms with E-state index in [-0.39, 0.29) is 24.0 Å². The van der Waals surface area contributed by atoms with Crippen molar-refractivity contribution in [3.05, 3.63) is 29.8 Å². The highest BCUT2D eigenvalue weighted by Crippen LogP contribution is 2.46. The number of benzene rings is 1. The van der Waals surface area contributed by atoms with E-state index in [0.717, 1.165) is 35.1 Å². The second kappa shape index (κ2) is 8.73. The fourth-order valence-corrected chi connectivity index (χ4v) is 4.91. The molecule has 10 heteroatoms. The summed E-state index contributed by atoms with van der Waals surface area (Å²) in [4.78, 5) is 30.8. The van der Waals surface area contributed by atoms with Gasteiger partial charge in [-0.2, -0.15) is 15.3 Å². The molecule has 1 amide bonds. The monoisotopic (exact) mass is 488 g/mol. The number of nitriles is 1. The van der Waals surface area contributed by atoms with Crippen molar-refractivity contribution in [1.82, 2.24) is 29.6 Å². The zero-order valence-corrected chi connectivity index (χ0v) is 21.7. The van der Waals surface area contributed by atoms with Gasteiger partial charge in [0, 0.05) is 43.2 Å². The Labute approximate surface area is 210 Å². The third-order valence-electron chi connectivity index (χ3n) is 6.81. The summed E-state index contributed by atoms with van der Waals surface area (Å²) in [5, 5.41) is 14.8. The molecule has 0 unspecified atom stereocenters. The Morgan fingerprint density at radius 1 is 1.14 bits per heavy atom. The Bertz CT molecular complexity index is 1360. The molecule has 5 rings (SSSR count). The molecule has 3 heterocycles. The van der Waals surface area contributed by atoms with Gasteiger partial charge in [0.15, 0.2) is 5.82 Å². The number of aromatic nitrogens is 5. The van der Waals surface area contributed by atoms with Crippen molar-refractivity contribution < 1.29 is 9.53 Å². The number of rotatable bonds is 3. The van der Waals surface area contributed by atoms with Crippen LogP contribution in [0, 0.1) is 11.3 Å². The minimum atomic E-state index is -0.541. The average molecular weight is 489 g/mol. The summed E-state index contributed by atoms with van der Waals surface area (Å²) >= 11 is 0. The van der Waals surface area contributed by atoms with E-state index < -0.39 is 5.60 Å². The Hall–Kier alpha value is -3.74. The van der Waals surface area contributed by atoms with Crippen molar-refractivity contribution in [3.8, 4) is 17.5 Å². The molecule has 1 saturated carbocycles. The van der Waals surface area contributed by atoms with Gasteiger partial charge < -0.3 is 14.5 Å². The van der Waals surface area contributed by atoms with Crippen LogP contribution in [-0.2, 0) is 11.8 Å². The third kappa shape index (κ3) is 4.34. The number of anilines is 1. The number of ether oxygens (including phenoxy) is 1. The van der Waals surface area contributed by atoms with E-state index in [0.29, 0.717) is 24.8 Å². The molecule has 3 aromatic rings. The average Bonchev–Trinajstić information content (AvgIpc) is 3.59. The first kappa shape index (κ1) is 24.0. The summed E-state index contributed by atoms with van der Waals surface area (Å²) < 4.78 is 7.14. The third-order valence-corrected chi connectivity index (χ3v) is 6.81. The molecule has 10 nitrogen and oxygen atoms in total. The molecule has 0 bridgehead atoms. The molecular formula is C26H32N8O2. The van der Waals surface area contributed by atoms with E-state index >= 15 is 0 Å². The molecule has 36 heavy (non-hydrogen) atoms. The van der Waals surface area contributed by atoms with Crippen molar-refractivity contribution in [2.75, 3.05) is 18.0 Å². The van der Waals surface area contributed by atoms with Gasteiger partial charge in [0.05, 0.1) is 5.52 Å².